The number of aromatic nitrogens is 2. The van der Waals surface area contributed by atoms with Gasteiger partial charge < -0.3 is 10.2 Å². The van der Waals surface area contributed by atoms with E-state index in [1.165, 1.54) is 38.6 Å². The summed E-state index contributed by atoms with van der Waals surface area (Å²) >= 11 is 0. The van der Waals surface area contributed by atoms with Gasteiger partial charge in [-0.2, -0.15) is 5.10 Å². The van der Waals surface area contributed by atoms with Crippen LogP contribution in [0.3, 0.4) is 0 Å². The van der Waals surface area contributed by atoms with Gasteiger partial charge in [0.2, 0.25) is 0 Å². The fraction of sp³-hybridized carbons (Fsp3) is 0.778. The molecule has 1 saturated heterocycles. The molecule has 6 heteroatoms. The number of hydrogen-bond acceptors (Lipinski definition) is 3. The van der Waals surface area contributed by atoms with Crippen LogP contribution in [0.1, 0.15) is 50.6 Å². The molecule has 0 spiro atoms. The number of piperazine rings is 1. The Balaban J connectivity index is 1.41. The largest absolute Gasteiger partial charge is 0.331 e. The number of nitrogens with zero attached hydrogens (tertiary/aromatic N) is 4. The van der Waals surface area contributed by atoms with Gasteiger partial charge in [-0.25, -0.2) is 4.79 Å². The number of carbonyl (C=O) groups is 1. The van der Waals surface area contributed by atoms with Gasteiger partial charge in [0, 0.05) is 51.5 Å². The highest BCUT2D eigenvalue weighted by Gasteiger charge is 2.24. The van der Waals surface area contributed by atoms with Gasteiger partial charge in [-0.1, -0.05) is 19.3 Å². The molecule has 0 radical (unpaired) electrons. The summed E-state index contributed by atoms with van der Waals surface area (Å²) in [5, 5.41) is 7.26. The van der Waals surface area contributed by atoms with Crippen molar-refractivity contribution < 1.29 is 4.79 Å². The fourth-order valence-corrected chi connectivity index (χ4v) is 3.89. The molecule has 6 nitrogen and oxygen atoms in total. The molecule has 3 rings (SSSR count). The lowest BCUT2D eigenvalue weighted by atomic mass is 9.89. The van der Waals surface area contributed by atoms with Crippen LogP contribution in [0.15, 0.2) is 12.4 Å². The first kappa shape index (κ1) is 17.3. The van der Waals surface area contributed by atoms with Gasteiger partial charge in [-0.15, -0.1) is 0 Å². The lowest BCUT2D eigenvalue weighted by molar-refractivity contribution is 0.118. The molecule has 2 heterocycles. The number of amides is 2. The van der Waals surface area contributed by atoms with Crippen LogP contribution in [0, 0.1) is 5.92 Å². The molecule has 2 aliphatic rings. The second kappa shape index (κ2) is 8.01. The number of aryl methyl sites for hydroxylation is 1. The highest BCUT2D eigenvalue weighted by Crippen LogP contribution is 2.24. The number of hydrogen-bond donors (Lipinski definition) is 1. The van der Waals surface area contributed by atoms with Gasteiger partial charge in [0.05, 0.1) is 12.2 Å². The van der Waals surface area contributed by atoms with Crippen LogP contribution in [-0.2, 0) is 7.05 Å². The van der Waals surface area contributed by atoms with E-state index in [2.05, 4.69) is 15.3 Å². The van der Waals surface area contributed by atoms with E-state index < -0.39 is 0 Å². The molecule has 134 valence electrons. The molecule has 1 atom stereocenters. The van der Waals surface area contributed by atoms with E-state index in [-0.39, 0.29) is 12.1 Å². The summed E-state index contributed by atoms with van der Waals surface area (Å²) in [6, 6.07) is 0.0372. The summed E-state index contributed by atoms with van der Waals surface area (Å²) in [5.41, 5.74) is 1.04. The monoisotopic (exact) mass is 333 g/mol. The molecule has 1 saturated carbocycles. The average Bonchev–Trinajstić information content (AvgIpc) is 3.03. The molecular formula is C18H31N5O. The smallest absolute Gasteiger partial charge is 0.317 e. The third-order valence-electron chi connectivity index (χ3n) is 5.47. The quantitative estimate of drug-likeness (QED) is 0.920. The van der Waals surface area contributed by atoms with Crippen LogP contribution < -0.4 is 5.32 Å². The molecular weight excluding hydrogens is 302 g/mol. The third kappa shape index (κ3) is 4.50. The van der Waals surface area contributed by atoms with Crippen LogP contribution >= 0.6 is 0 Å². The lowest BCUT2D eigenvalue weighted by Gasteiger charge is -2.37. The fourth-order valence-electron chi connectivity index (χ4n) is 3.89. The zero-order chi connectivity index (χ0) is 16.9. The van der Waals surface area contributed by atoms with Gasteiger partial charge in [0.1, 0.15) is 0 Å². The first-order valence-electron chi connectivity index (χ1n) is 9.38. The first-order chi connectivity index (χ1) is 11.6. The van der Waals surface area contributed by atoms with Crippen LogP contribution in [0.2, 0.25) is 0 Å². The number of nitrogens with one attached hydrogen (secondary N) is 1. The third-order valence-corrected chi connectivity index (χ3v) is 5.47. The van der Waals surface area contributed by atoms with Gasteiger partial charge in [0.15, 0.2) is 0 Å². The minimum atomic E-state index is -0.00790. The van der Waals surface area contributed by atoms with Crippen molar-refractivity contribution in [2.24, 2.45) is 13.0 Å². The standard InChI is InChI=1S/C18H31N5O/c1-15(17-12-19-21(2)14-17)20-18(24)23-10-8-22(9-11-23)13-16-6-4-3-5-7-16/h12,14-16H,3-11,13H2,1-2H3,(H,20,24). The topological polar surface area (TPSA) is 53.4 Å². The molecule has 0 aromatic carbocycles. The van der Waals surface area contributed by atoms with Gasteiger partial charge in [0.25, 0.3) is 0 Å². The molecule has 1 aliphatic carbocycles. The zero-order valence-electron chi connectivity index (χ0n) is 15.1. The van der Waals surface area contributed by atoms with Crippen LogP contribution in [-0.4, -0.2) is 58.3 Å². The Bertz CT molecular complexity index is 529. The second-order valence-electron chi connectivity index (χ2n) is 7.41. The Labute approximate surface area is 145 Å². The van der Waals surface area contributed by atoms with E-state index in [4.69, 9.17) is 0 Å². The minimum Gasteiger partial charge on any atom is -0.331 e. The van der Waals surface area contributed by atoms with Crippen molar-refractivity contribution in [3.63, 3.8) is 0 Å². The van der Waals surface area contributed by atoms with Crippen LogP contribution in [0.5, 0.6) is 0 Å². The lowest BCUT2D eigenvalue weighted by Crippen LogP contribution is -2.52. The first-order valence-corrected chi connectivity index (χ1v) is 9.38. The van der Waals surface area contributed by atoms with Crippen LogP contribution in [0.25, 0.3) is 0 Å². The molecule has 2 amide bonds. The average molecular weight is 333 g/mol. The van der Waals surface area contributed by atoms with Gasteiger partial charge in [-0.05, 0) is 25.7 Å². The van der Waals surface area contributed by atoms with Gasteiger partial charge in [-0.3, -0.25) is 9.58 Å². The second-order valence-corrected chi connectivity index (χ2v) is 7.41. The summed E-state index contributed by atoms with van der Waals surface area (Å²) in [6.07, 6.45) is 10.8. The number of urea groups is 1. The Morgan fingerprint density at radius 3 is 2.58 bits per heavy atom. The van der Waals surface area contributed by atoms with Crippen molar-refractivity contribution in [2.75, 3.05) is 32.7 Å². The van der Waals surface area contributed by atoms with E-state index in [1.54, 1.807) is 4.68 Å². The van der Waals surface area contributed by atoms with Crippen molar-refractivity contribution in [1.29, 1.82) is 0 Å². The summed E-state index contributed by atoms with van der Waals surface area (Å²) in [6.45, 7) is 6.91. The molecule has 1 aliphatic heterocycles. The Hall–Kier alpha value is -1.56. The van der Waals surface area contributed by atoms with Crippen molar-refractivity contribution in [3.8, 4) is 0 Å². The summed E-state index contributed by atoms with van der Waals surface area (Å²) in [5.74, 6) is 0.879. The summed E-state index contributed by atoms with van der Waals surface area (Å²) < 4.78 is 1.77. The molecule has 1 aromatic rings. The zero-order valence-corrected chi connectivity index (χ0v) is 15.1. The normalized spacial score (nSPS) is 21.7. The summed E-state index contributed by atoms with van der Waals surface area (Å²) in [7, 11) is 1.89. The highest BCUT2D eigenvalue weighted by molar-refractivity contribution is 5.74. The number of carbonyl (C=O) groups excluding carboxylic acids is 1. The maximum absolute atomic E-state index is 12.5. The molecule has 1 unspecified atom stereocenters. The van der Waals surface area contributed by atoms with Gasteiger partial charge >= 0.3 is 6.03 Å². The SMILES string of the molecule is CC(NC(=O)N1CCN(CC2CCCCC2)CC1)c1cnn(C)c1. The molecule has 1 aromatic heterocycles. The Morgan fingerprint density at radius 2 is 1.96 bits per heavy atom. The van der Waals surface area contributed by atoms with Crippen molar-refractivity contribution in [2.45, 2.75) is 45.1 Å². The predicted molar refractivity (Wildman–Crippen MR) is 94.7 cm³/mol. The van der Waals surface area contributed by atoms with Crippen molar-refractivity contribution in [3.05, 3.63) is 18.0 Å². The molecule has 24 heavy (non-hydrogen) atoms. The van der Waals surface area contributed by atoms with E-state index in [0.717, 1.165) is 37.7 Å². The molecule has 0 bridgehead atoms. The van der Waals surface area contributed by atoms with E-state index >= 15 is 0 Å². The molecule has 2 fully saturated rings. The Kier molecular flexibility index (Phi) is 5.76. The maximum atomic E-state index is 12.5. The van der Waals surface area contributed by atoms with E-state index in [9.17, 15) is 4.79 Å². The summed E-state index contributed by atoms with van der Waals surface area (Å²) in [4.78, 5) is 16.9. The van der Waals surface area contributed by atoms with Crippen molar-refractivity contribution in [1.82, 2.24) is 24.9 Å². The highest BCUT2D eigenvalue weighted by atomic mass is 16.2. The van der Waals surface area contributed by atoms with E-state index in [0.29, 0.717) is 0 Å². The Morgan fingerprint density at radius 1 is 1.25 bits per heavy atom. The van der Waals surface area contributed by atoms with Crippen molar-refractivity contribution >= 4 is 6.03 Å². The van der Waals surface area contributed by atoms with Crippen LogP contribution in [0.4, 0.5) is 4.79 Å². The maximum Gasteiger partial charge on any atom is 0.317 e. The predicted octanol–water partition coefficient (Wildman–Crippen LogP) is 2.39. The number of rotatable bonds is 4. The molecule has 1 N–H and O–H groups in total. The van der Waals surface area contributed by atoms with E-state index in [1.807, 2.05) is 31.3 Å². The minimum absolute atomic E-state index is 0.00790.